The summed E-state index contributed by atoms with van der Waals surface area (Å²) in [5.41, 5.74) is 1.27. The summed E-state index contributed by atoms with van der Waals surface area (Å²) in [6, 6.07) is 10.8. The topological polar surface area (TPSA) is 23.6 Å². The van der Waals surface area contributed by atoms with E-state index >= 15 is 0 Å². The molecule has 0 aromatic heterocycles. The molecule has 3 nitrogen and oxygen atoms in total. The lowest BCUT2D eigenvalue weighted by Gasteiger charge is -2.31. The van der Waals surface area contributed by atoms with Crippen LogP contribution in [-0.4, -0.2) is 41.4 Å². The highest BCUT2D eigenvalue weighted by atomic mass is 16.2. The Balaban J connectivity index is 1.93. The number of nitrogens with zero attached hydrogens (tertiary/aromatic N) is 2. The minimum atomic E-state index is 0.286. The van der Waals surface area contributed by atoms with Gasteiger partial charge in [-0.3, -0.25) is 9.69 Å². The second-order valence-electron chi connectivity index (χ2n) is 5.93. The molecule has 1 aliphatic heterocycles. The second kappa shape index (κ2) is 7.44. The first-order chi connectivity index (χ1) is 9.66. The van der Waals surface area contributed by atoms with Gasteiger partial charge in [0.15, 0.2) is 0 Å². The molecular formula is C17H26N2O. The monoisotopic (exact) mass is 274 g/mol. The second-order valence-corrected chi connectivity index (χ2v) is 5.93. The highest BCUT2D eigenvalue weighted by Crippen LogP contribution is 2.12. The highest BCUT2D eigenvalue weighted by molar-refractivity contribution is 5.78. The van der Waals surface area contributed by atoms with Crippen LogP contribution in [0.15, 0.2) is 30.3 Å². The molecule has 0 atom stereocenters. The van der Waals surface area contributed by atoms with E-state index < -0.39 is 0 Å². The summed E-state index contributed by atoms with van der Waals surface area (Å²) in [5.74, 6) is 0.286. The van der Waals surface area contributed by atoms with Crippen molar-refractivity contribution in [2.75, 3.05) is 19.6 Å². The van der Waals surface area contributed by atoms with Gasteiger partial charge >= 0.3 is 0 Å². The number of rotatable bonds is 5. The van der Waals surface area contributed by atoms with Crippen molar-refractivity contribution in [2.45, 2.75) is 45.7 Å². The van der Waals surface area contributed by atoms with Gasteiger partial charge in [-0.2, -0.15) is 0 Å². The number of hydrogen-bond donors (Lipinski definition) is 0. The molecule has 1 aromatic carbocycles. The normalized spacial score (nSPS) is 15.9. The summed E-state index contributed by atoms with van der Waals surface area (Å²) < 4.78 is 0. The maximum Gasteiger partial charge on any atom is 0.236 e. The van der Waals surface area contributed by atoms with Crippen LogP contribution in [0.25, 0.3) is 0 Å². The molecule has 0 saturated carbocycles. The summed E-state index contributed by atoms with van der Waals surface area (Å²) in [6.45, 7) is 7.58. The average Bonchev–Trinajstić information content (AvgIpc) is 2.48. The fourth-order valence-electron chi connectivity index (χ4n) is 2.66. The lowest BCUT2D eigenvalue weighted by Crippen LogP contribution is -2.44. The Morgan fingerprint density at radius 1 is 1.15 bits per heavy atom. The van der Waals surface area contributed by atoms with Crippen LogP contribution in [0.2, 0.25) is 0 Å². The first-order valence-corrected chi connectivity index (χ1v) is 7.72. The van der Waals surface area contributed by atoms with Crippen molar-refractivity contribution in [1.29, 1.82) is 0 Å². The zero-order chi connectivity index (χ0) is 14.4. The zero-order valence-corrected chi connectivity index (χ0v) is 12.7. The van der Waals surface area contributed by atoms with Crippen LogP contribution >= 0.6 is 0 Å². The SMILES string of the molecule is CC(C)N(CC(=O)N1CCCCC1)Cc1ccccc1. The maximum absolute atomic E-state index is 12.4. The van der Waals surface area contributed by atoms with Crippen LogP contribution in [0, 0.1) is 0 Å². The molecule has 1 fully saturated rings. The van der Waals surface area contributed by atoms with Gasteiger partial charge in [0.2, 0.25) is 5.91 Å². The van der Waals surface area contributed by atoms with E-state index in [9.17, 15) is 4.79 Å². The molecule has 3 heteroatoms. The van der Waals surface area contributed by atoms with Crippen LogP contribution in [-0.2, 0) is 11.3 Å². The van der Waals surface area contributed by atoms with E-state index in [0.717, 1.165) is 32.5 Å². The standard InChI is InChI=1S/C17H26N2O/c1-15(2)19(13-16-9-5-3-6-10-16)14-17(20)18-11-7-4-8-12-18/h3,5-6,9-10,15H,4,7-8,11-14H2,1-2H3. The third-order valence-corrected chi connectivity index (χ3v) is 4.01. The molecule has 110 valence electrons. The summed E-state index contributed by atoms with van der Waals surface area (Å²) in [5, 5.41) is 0. The molecule has 0 N–H and O–H groups in total. The first kappa shape index (κ1) is 15.0. The lowest BCUT2D eigenvalue weighted by molar-refractivity contribution is -0.133. The quantitative estimate of drug-likeness (QED) is 0.824. The van der Waals surface area contributed by atoms with Gasteiger partial charge in [0.25, 0.3) is 0 Å². The summed E-state index contributed by atoms with van der Waals surface area (Å²) in [4.78, 5) is 16.7. The van der Waals surface area contributed by atoms with Gasteiger partial charge in [0.05, 0.1) is 6.54 Å². The van der Waals surface area contributed by atoms with Gasteiger partial charge in [-0.25, -0.2) is 0 Å². The molecule has 1 heterocycles. The Hall–Kier alpha value is -1.35. The number of amides is 1. The predicted octanol–water partition coefficient (Wildman–Crippen LogP) is 2.91. The van der Waals surface area contributed by atoms with Gasteiger partial charge in [-0.05, 0) is 38.7 Å². The van der Waals surface area contributed by atoms with E-state index in [0.29, 0.717) is 12.6 Å². The summed E-state index contributed by atoms with van der Waals surface area (Å²) in [7, 11) is 0. The molecule has 1 saturated heterocycles. The van der Waals surface area contributed by atoms with Crippen LogP contribution in [0.3, 0.4) is 0 Å². The summed E-state index contributed by atoms with van der Waals surface area (Å²) >= 11 is 0. The van der Waals surface area contributed by atoms with E-state index in [4.69, 9.17) is 0 Å². The smallest absolute Gasteiger partial charge is 0.236 e. The first-order valence-electron chi connectivity index (χ1n) is 7.72. The molecule has 0 spiro atoms. The fraction of sp³-hybridized carbons (Fsp3) is 0.588. The highest BCUT2D eigenvalue weighted by Gasteiger charge is 2.20. The van der Waals surface area contributed by atoms with E-state index in [2.05, 4.69) is 43.0 Å². The number of carbonyl (C=O) groups is 1. The van der Waals surface area contributed by atoms with Gasteiger partial charge in [-0.15, -0.1) is 0 Å². The molecule has 1 aliphatic rings. The number of hydrogen-bond acceptors (Lipinski definition) is 2. The Kier molecular flexibility index (Phi) is 5.60. The number of benzene rings is 1. The largest absolute Gasteiger partial charge is 0.342 e. The van der Waals surface area contributed by atoms with Crippen LogP contribution in [0.5, 0.6) is 0 Å². The van der Waals surface area contributed by atoms with E-state index in [1.807, 2.05) is 11.0 Å². The van der Waals surface area contributed by atoms with Crippen molar-refractivity contribution < 1.29 is 4.79 Å². The van der Waals surface area contributed by atoms with Gasteiger partial charge in [-0.1, -0.05) is 30.3 Å². The van der Waals surface area contributed by atoms with E-state index in [1.54, 1.807) is 0 Å². The van der Waals surface area contributed by atoms with Crippen molar-refractivity contribution in [3.8, 4) is 0 Å². The Morgan fingerprint density at radius 2 is 1.80 bits per heavy atom. The molecule has 1 aromatic rings. The van der Waals surface area contributed by atoms with Gasteiger partial charge in [0, 0.05) is 25.7 Å². The van der Waals surface area contributed by atoms with Crippen molar-refractivity contribution >= 4 is 5.91 Å². The van der Waals surface area contributed by atoms with E-state index in [-0.39, 0.29) is 5.91 Å². The lowest BCUT2D eigenvalue weighted by atomic mass is 10.1. The molecule has 0 unspecified atom stereocenters. The van der Waals surface area contributed by atoms with Crippen molar-refractivity contribution in [2.24, 2.45) is 0 Å². The van der Waals surface area contributed by atoms with Crippen LogP contribution in [0.1, 0.15) is 38.7 Å². The molecule has 0 radical (unpaired) electrons. The van der Waals surface area contributed by atoms with Crippen molar-refractivity contribution in [3.05, 3.63) is 35.9 Å². The van der Waals surface area contributed by atoms with Crippen LogP contribution < -0.4 is 0 Å². The third kappa shape index (κ3) is 4.34. The number of carbonyl (C=O) groups excluding carboxylic acids is 1. The molecule has 0 bridgehead atoms. The zero-order valence-electron chi connectivity index (χ0n) is 12.7. The molecule has 2 rings (SSSR count). The number of piperidine rings is 1. The Labute approximate surface area is 122 Å². The molecule has 20 heavy (non-hydrogen) atoms. The Bertz CT molecular complexity index is 410. The van der Waals surface area contributed by atoms with E-state index in [1.165, 1.54) is 12.0 Å². The molecular weight excluding hydrogens is 248 g/mol. The molecule has 0 aliphatic carbocycles. The van der Waals surface area contributed by atoms with Gasteiger partial charge in [0.1, 0.15) is 0 Å². The van der Waals surface area contributed by atoms with Crippen molar-refractivity contribution in [1.82, 2.24) is 9.80 Å². The third-order valence-electron chi connectivity index (χ3n) is 4.01. The fourth-order valence-corrected chi connectivity index (χ4v) is 2.66. The Morgan fingerprint density at radius 3 is 2.40 bits per heavy atom. The van der Waals surface area contributed by atoms with Crippen molar-refractivity contribution in [3.63, 3.8) is 0 Å². The molecule has 1 amide bonds. The predicted molar refractivity (Wildman–Crippen MR) is 82.4 cm³/mol. The minimum Gasteiger partial charge on any atom is -0.342 e. The number of likely N-dealkylation sites (tertiary alicyclic amines) is 1. The van der Waals surface area contributed by atoms with Crippen LogP contribution in [0.4, 0.5) is 0 Å². The van der Waals surface area contributed by atoms with Gasteiger partial charge < -0.3 is 4.90 Å². The average molecular weight is 274 g/mol. The minimum absolute atomic E-state index is 0.286. The summed E-state index contributed by atoms with van der Waals surface area (Å²) in [6.07, 6.45) is 3.58. The maximum atomic E-state index is 12.4.